The smallest absolute Gasteiger partial charge is 0.309 e. The van der Waals surface area contributed by atoms with Crippen molar-refractivity contribution in [1.29, 1.82) is 0 Å². The summed E-state index contributed by atoms with van der Waals surface area (Å²) in [7, 11) is 0. The molecule has 3 aromatic rings. The van der Waals surface area contributed by atoms with E-state index in [1.807, 2.05) is 0 Å². The molecule has 0 unspecified atom stereocenters. The number of halogens is 5. The molecule has 0 fully saturated rings. The molecule has 0 saturated carbocycles. The molecular weight excluding hydrogens is 426 g/mol. The molecular formula is C19H18ClF4N5O. The fourth-order valence-electron chi connectivity index (χ4n) is 2.79. The molecule has 0 bridgehead atoms. The normalized spacial score (nSPS) is 12.8. The molecule has 30 heavy (non-hydrogen) atoms. The Balaban J connectivity index is 1.63. The highest BCUT2D eigenvalue weighted by atomic mass is 35.5. The predicted molar refractivity (Wildman–Crippen MR) is 102 cm³/mol. The zero-order valence-electron chi connectivity index (χ0n) is 16.0. The number of hydrogen-bond donors (Lipinski definition) is 1. The van der Waals surface area contributed by atoms with Crippen LogP contribution in [0.2, 0.25) is 5.02 Å². The van der Waals surface area contributed by atoms with Crippen LogP contribution >= 0.6 is 11.6 Å². The van der Waals surface area contributed by atoms with E-state index in [0.29, 0.717) is 5.69 Å². The largest absolute Gasteiger partial charge is 0.435 e. The van der Waals surface area contributed by atoms with Crippen LogP contribution < -0.4 is 5.32 Å². The number of nitrogens with zero attached hydrogens (tertiary/aromatic N) is 4. The summed E-state index contributed by atoms with van der Waals surface area (Å²) in [5.74, 6) is -1.35. The fourth-order valence-corrected chi connectivity index (χ4v) is 3.01. The molecule has 1 atom stereocenters. The molecule has 2 heterocycles. The van der Waals surface area contributed by atoms with Crippen molar-refractivity contribution in [2.45, 2.75) is 33.1 Å². The van der Waals surface area contributed by atoms with E-state index in [2.05, 4.69) is 15.5 Å². The van der Waals surface area contributed by atoms with Gasteiger partial charge in [0.05, 0.1) is 19.0 Å². The highest BCUT2D eigenvalue weighted by molar-refractivity contribution is 6.31. The van der Waals surface area contributed by atoms with Gasteiger partial charge in [0.1, 0.15) is 5.82 Å². The summed E-state index contributed by atoms with van der Waals surface area (Å²) in [6.07, 6.45) is -2.99. The van der Waals surface area contributed by atoms with Gasteiger partial charge in [-0.2, -0.15) is 23.4 Å². The number of rotatable bonds is 6. The molecule has 0 saturated heterocycles. The van der Waals surface area contributed by atoms with E-state index >= 15 is 0 Å². The first-order chi connectivity index (χ1) is 14.0. The number of amides is 1. The van der Waals surface area contributed by atoms with Crippen LogP contribution in [-0.2, 0) is 24.1 Å². The lowest BCUT2D eigenvalue weighted by atomic mass is 10.1. The van der Waals surface area contributed by atoms with Crippen molar-refractivity contribution in [3.63, 3.8) is 0 Å². The number of hydrogen-bond acceptors (Lipinski definition) is 3. The topological polar surface area (TPSA) is 64.7 Å². The summed E-state index contributed by atoms with van der Waals surface area (Å²) in [5.41, 5.74) is -0.436. The Morgan fingerprint density at radius 1 is 1.27 bits per heavy atom. The first-order valence-electron chi connectivity index (χ1n) is 8.93. The lowest BCUT2D eigenvalue weighted by Crippen LogP contribution is -2.25. The number of carbonyl (C=O) groups is 1. The molecule has 2 aromatic heterocycles. The van der Waals surface area contributed by atoms with E-state index in [9.17, 15) is 22.4 Å². The molecule has 160 valence electrons. The number of alkyl halides is 3. The van der Waals surface area contributed by atoms with Crippen LogP contribution in [0.1, 0.15) is 23.9 Å². The fraction of sp³-hybridized carbons (Fsp3) is 0.316. The monoisotopic (exact) mass is 443 g/mol. The number of aromatic nitrogens is 4. The molecule has 3 rings (SSSR count). The summed E-state index contributed by atoms with van der Waals surface area (Å²) in [6.45, 7) is 3.10. The van der Waals surface area contributed by atoms with Gasteiger partial charge in [0.25, 0.3) is 0 Å². The zero-order valence-corrected chi connectivity index (χ0v) is 16.8. The number of aryl methyl sites for hydroxylation is 1. The Bertz CT molecular complexity index is 1040. The standard InChI is InChI=1S/C19H18ClF4N5O/c1-11(9-29-12(2)8-16(26-29)19(22,23)24)18(30)25-17-6-7-28(27-17)10-13-14(20)4-3-5-15(13)21/h3-8,11H,9-10H2,1-2H3,(H,25,27,30)/t11-/m0/s1. The Labute approximate surface area is 174 Å². The third kappa shape index (κ3) is 4.99. The van der Waals surface area contributed by atoms with Gasteiger partial charge in [0.2, 0.25) is 5.91 Å². The van der Waals surface area contributed by atoms with Crippen molar-refractivity contribution < 1.29 is 22.4 Å². The SMILES string of the molecule is Cc1cc(C(F)(F)F)nn1C[C@H](C)C(=O)Nc1ccn(Cc2c(F)cccc2Cl)n1. The number of benzene rings is 1. The van der Waals surface area contributed by atoms with E-state index in [4.69, 9.17) is 11.6 Å². The molecule has 6 nitrogen and oxygen atoms in total. The van der Waals surface area contributed by atoms with Crippen LogP contribution in [0.4, 0.5) is 23.4 Å². The van der Waals surface area contributed by atoms with Gasteiger partial charge in [-0.25, -0.2) is 4.39 Å². The Hall–Kier alpha value is -2.88. The minimum absolute atomic E-state index is 0.0285. The molecule has 1 N–H and O–H groups in total. The van der Waals surface area contributed by atoms with E-state index in [1.54, 1.807) is 19.2 Å². The maximum absolute atomic E-state index is 13.9. The van der Waals surface area contributed by atoms with Crippen molar-refractivity contribution in [3.8, 4) is 0 Å². The van der Waals surface area contributed by atoms with Crippen LogP contribution in [0.3, 0.4) is 0 Å². The number of anilines is 1. The molecule has 0 aliphatic carbocycles. The average molecular weight is 444 g/mol. The maximum Gasteiger partial charge on any atom is 0.435 e. The third-order valence-electron chi connectivity index (χ3n) is 4.44. The summed E-state index contributed by atoms with van der Waals surface area (Å²) in [6, 6.07) is 6.81. The Morgan fingerprint density at radius 3 is 2.63 bits per heavy atom. The quantitative estimate of drug-likeness (QED) is 0.570. The van der Waals surface area contributed by atoms with Gasteiger partial charge in [-0.15, -0.1) is 0 Å². The first kappa shape index (κ1) is 21.8. The van der Waals surface area contributed by atoms with E-state index in [0.717, 1.165) is 10.7 Å². The second-order valence-electron chi connectivity index (χ2n) is 6.84. The maximum atomic E-state index is 13.9. The molecule has 0 spiro atoms. The van der Waals surface area contributed by atoms with Crippen molar-refractivity contribution in [1.82, 2.24) is 19.6 Å². The van der Waals surface area contributed by atoms with E-state index < -0.39 is 29.5 Å². The van der Waals surface area contributed by atoms with Crippen LogP contribution in [0.25, 0.3) is 0 Å². The predicted octanol–water partition coefficient (Wildman–Crippen LogP) is 4.52. The molecule has 1 aromatic carbocycles. The van der Waals surface area contributed by atoms with Crippen molar-refractivity contribution >= 4 is 23.3 Å². The van der Waals surface area contributed by atoms with Gasteiger partial charge < -0.3 is 5.32 Å². The molecule has 11 heteroatoms. The molecule has 0 aliphatic rings. The minimum atomic E-state index is -4.55. The van der Waals surface area contributed by atoms with Gasteiger partial charge in [-0.05, 0) is 25.1 Å². The summed E-state index contributed by atoms with van der Waals surface area (Å²) in [4.78, 5) is 12.4. The average Bonchev–Trinajstić information content (AvgIpc) is 3.25. The first-order valence-corrected chi connectivity index (χ1v) is 9.31. The van der Waals surface area contributed by atoms with Gasteiger partial charge >= 0.3 is 6.18 Å². The van der Waals surface area contributed by atoms with Crippen molar-refractivity contribution in [3.05, 3.63) is 64.3 Å². The van der Waals surface area contributed by atoms with Crippen molar-refractivity contribution in [2.75, 3.05) is 5.32 Å². The van der Waals surface area contributed by atoms with Gasteiger partial charge in [0, 0.05) is 28.5 Å². The number of nitrogens with one attached hydrogen (secondary N) is 1. The lowest BCUT2D eigenvalue weighted by molar-refractivity contribution is -0.141. The summed E-state index contributed by atoms with van der Waals surface area (Å²) < 4.78 is 54.8. The van der Waals surface area contributed by atoms with Crippen LogP contribution in [-0.4, -0.2) is 25.5 Å². The van der Waals surface area contributed by atoms with Crippen LogP contribution in [0, 0.1) is 18.7 Å². The third-order valence-corrected chi connectivity index (χ3v) is 4.79. The highest BCUT2D eigenvalue weighted by Gasteiger charge is 2.34. The summed E-state index contributed by atoms with van der Waals surface area (Å²) >= 11 is 6.00. The van der Waals surface area contributed by atoms with E-state index in [1.165, 1.54) is 29.8 Å². The molecule has 0 radical (unpaired) electrons. The van der Waals surface area contributed by atoms with Crippen LogP contribution in [0.15, 0.2) is 36.5 Å². The number of carbonyl (C=O) groups excluding carboxylic acids is 1. The zero-order chi connectivity index (χ0) is 22.1. The van der Waals surface area contributed by atoms with Gasteiger partial charge in [-0.3, -0.25) is 14.2 Å². The van der Waals surface area contributed by atoms with Crippen molar-refractivity contribution in [2.24, 2.45) is 5.92 Å². The molecule has 0 aliphatic heterocycles. The van der Waals surface area contributed by atoms with Gasteiger partial charge in [0.15, 0.2) is 11.5 Å². The molecule has 1 amide bonds. The Morgan fingerprint density at radius 2 is 2.00 bits per heavy atom. The highest BCUT2D eigenvalue weighted by Crippen LogP contribution is 2.28. The Kier molecular flexibility index (Phi) is 6.16. The van der Waals surface area contributed by atoms with E-state index in [-0.39, 0.29) is 29.5 Å². The second kappa shape index (κ2) is 8.47. The van der Waals surface area contributed by atoms with Crippen LogP contribution in [0.5, 0.6) is 0 Å². The summed E-state index contributed by atoms with van der Waals surface area (Å²) in [5, 5.41) is 10.5. The minimum Gasteiger partial charge on any atom is -0.309 e. The van der Waals surface area contributed by atoms with Gasteiger partial charge in [-0.1, -0.05) is 24.6 Å². The lowest BCUT2D eigenvalue weighted by Gasteiger charge is -2.12. The second-order valence-corrected chi connectivity index (χ2v) is 7.25.